The minimum Gasteiger partial charge on any atom is -0.239 e. The number of rotatable bonds is 0. The van der Waals surface area contributed by atoms with Crippen molar-refractivity contribution in [3.8, 4) is 0 Å². The van der Waals surface area contributed by atoms with Gasteiger partial charge in [-0.2, -0.15) is 5.10 Å². The van der Waals surface area contributed by atoms with Crippen LogP contribution in [0.3, 0.4) is 0 Å². The summed E-state index contributed by atoms with van der Waals surface area (Å²) in [6, 6.07) is 5.89. The highest BCUT2D eigenvalue weighted by atomic mass is 35.5. The predicted octanol–water partition coefficient (Wildman–Crippen LogP) is 2.30. The molecule has 0 unspecified atom stereocenters. The Kier molecular flexibility index (Phi) is 1.36. The second kappa shape index (κ2) is 2.24. The Morgan fingerprint density at radius 3 is 3.00 bits per heavy atom. The highest BCUT2D eigenvalue weighted by Crippen LogP contribution is 2.17. The van der Waals surface area contributed by atoms with E-state index in [0.29, 0.717) is 5.15 Å². The summed E-state index contributed by atoms with van der Waals surface area (Å²) in [5.74, 6) is 0. The second-order valence-electron chi connectivity index (χ2n) is 2.45. The predicted molar refractivity (Wildman–Crippen MR) is 44.9 cm³/mol. The minimum absolute atomic E-state index is 0.580. The van der Waals surface area contributed by atoms with Crippen molar-refractivity contribution in [3.05, 3.63) is 35.1 Å². The minimum atomic E-state index is 0.580. The third-order valence-electron chi connectivity index (χ3n) is 1.73. The molecule has 11 heavy (non-hydrogen) atoms. The monoisotopic (exact) mass is 166 g/mol. The number of fused-ring (bicyclic) bond motifs is 1. The number of nitrogens with zero attached hydrogens (tertiary/aromatic N) is 2. The van der Waals surface area contributed by atoms with Gasteiger partial charge in [-0.1, -0.05) is 17.7 Å². The average Bonchev–Trinajstić information content (AvgIpc) is 2.30. The molecule has 0 aliphatic heterocycles. The lowest BCUT2D eigenvalue weighted by Gasteiger charge is -1.89. The van der Waals surface area contributed by atoms with E-state index < -0.39 is 0 Å². The lowest BCUT2D eigenvalue weighted by Crippen LogP contribution is -1.82. The van der Waals surface area contributed by atoms with Crippen LogP contribution in [0.4, 0.5) is 0 Å². The number of pyridine rings is 1. The van der Waals surface area contributed by atoms with Crippen LogP contribution in [0.15, 0.2) is 24.4 Å². The molecule has 0 atom stereocenters. The Hall–Kier alpha value is -1.02. The van der Waals surface area contributed by atoms with E-state index in [9.17, 15) is 0 Å². The van der Waals surface area contributed by atoms with Gasteiger partial charge in [-0.15, -0.1) is 0 Å². The maximum Gasteiger partial charge on any atom is 0.155 e. The van der Waals surface area contributed by atoms with Gasteiger partial charge in [0, 0.05) is 11.8 Å². The third kappa shape index (κ3) is 0.906. The summed E-state index contributed by atoms with van der Waals surface area (Å²) in [5, 5.41) is 4.67. The molecule has 0 aliphatic carbocycles. The van der Waals surface area contributed by atoms with Crippen molar-refractivity contribution in [1.82, 2.24) is 9.61 Å². The lowest BCUT2D eigenvalue weighted by molar-refractivity contribution is 0.962. The first kappa shape index (κ1) is 6.68. The molecular weight excluding hydrogens is 160 g/mol. The van der Waals surface area contributed by atoms with Crippen LogP contribution in [0.1, 0.15) is 5.56 Å². The molecule has 0 amide bonds. The molecule has 2 heterocycles. The van der Waals surface area contributed by atoms with Crippen molar-refractivity contribution in [2.75, 3.05) is 0 Å². The first-order valence-corrected chi connectivity index (χ1v) is 3.76. The van der Waals surface area contributed by atoms with Gasteiger partial charge >= 0.3 is 0 Å². The van der Waals surface area contributed by atoms with Crippen LogP contribution in [0.5, 0.6) is 0 Å². The molecule has 0 aliphatic rings. The molecule has 2 aromatic rings. The third-order valence-corrected chi connectivity index (χ3v) is 2.09. The molecule has 0 radical (unpaired) electrons. The average molecular weight is 167 g/mol. The fourth-order valence-electron chi connectivity index (χ4n) is 1.09. The molecule has 0 fully saturated rings. The van der Waals surface area contributed by atoms with Crippen molar-refractivity contribution in [3.63, 3.8) is 0 Å². The number of aromatic nitrogens is 2. The number of hydrogen-bond donors (Lipinski definition) is 0. The molecule has 2 rings (SSSR count). The van der Waals surface area contributed by atoms with Crippen molar-refractivity contribution < 1.29 is 0 Å². The molecule has 2 aromatic heterocycles. The van der Waals surface area contributed by atoms with Gasteiger partial charge in [0.1, 0.15) is 0 Å². The first-order valence-electron chi connectivity index (χ1n) is 3.38. The van der Waals surface area contributed by atoms with Gasteiger partial charge in [0.15, 0.2) is 5.15 Å². The van der Waals surface area contributed by atoms with Crippen molar-refractivity contribution in [2.24, 2.45) is 0 Å². The Balaban J connectivity index is 2.92. The Morgan fingerprint density at radius 1 is 1.45 bits per heavy atom. The van der Waals surface area contributed by atoms with E-state index >= 15 is 0 Å². The molecule has 0 saturated carbocycles. The molecular formula is C8H7ClN2. The number of hydrogen-bond acceptors (Lipinski definition) is 1. The molecule has 0 saturated heterocycles. The van der Waals surface area contributed by atoms with Crippen LogP contribution >= 0.6 is 11.6 Å². The van der Waals surface area contributed by atoms with Gasteiger partial charge < -0.3 is 0 Å². The van der Waals surface area contributed by atoms with Gasteiger partial charge in [0.2, 0.25) is 0 Å². The zero-order valence-corrected chi connectivity index (χ0v) is 6.84. The fraction of sp³-hybridized carbons (Fsp3) is 0.125. The van der Waals surface area contributed by atoms with E-state index in [1.165, 1.54) is 0 Å². The summed E-state index contributed by atoms with van der Waals surface area (Å²) < 4.78 is 1.78. The Labute approximate surface area is 69.4 Å². The van der Waals surface area contributed by atoms with Gasteiger partial charge in [-0.05, 0) is 19.1 Å². The van der Waals surface area contributed by atoms with E-state index in [1.54, 1.807) is 4.52 Å². The van der Waals surface area contributed by atoms with E-state index in [4.69, 9.17) is 11.6 Å². The van der Waals surface area contributed by atoms with Crippen molar-refractivity contribution in [2.45, 2.75) is 6.92 Å². The summed E-state index contributed by atoms with van der Waals surface area (Å²) in [6.45, 7) is 1.96. The van der Waals surface area contributed by atoms with Crippen LogP contribution in [0.25, 0.3) is 5.52 Å². The molecule has 0 aromatic carbocycles. The quantitative estimate of drug-likeness (QED) is 0.587. The molecule has 3 heteroatoms. The molecule has 56 valence electrons. The topological polar surface area (TPSA) is 17.3 Å². The van der Waals surface area contributed by atoms with Crippen LogP contribution in [-0.4, -0.2) is 9.61 Å². The summed E-state index contributed by atoms with van der Waals surface area (Å²) in [5.41, 5.74) is 2.10. The summed E-state index contributed by atoms with van der Waals surface area (Å²) >= 11 is 5.82. The molecule has 0 spiro atoms. The van der Waals surface area contributed by atoms with E-state index in [0.717, 1.165) is 11.1 Å². The maximum atomic E-state index is 5.82. The highest BCUT2D eigenvalue weighted by molar-refractivity contribution is 6.30. The molecule has 2 nitrogen and oxygen atoms in total. The van der Waals surface area contributed by atoms with E-state index in [2.05, 4.69) is 5.10 Å². The van der Waals surface area contributed by atoms with Gasteiger partial charge in [-0.25, -0.2) is 4.52 Å². The standard InChI is InChI=1S/C8H7ClN2/c1-6-7-4-2-3-5-11(7)10-8(6)9/h2-5H,1H3. The second-order valence-corrected chi connectivity index (χ2v) is 2.80. The first-order chi connectivity index (χ1) is 5.29. The normalized spacial score (nSPS) is 10.7. The highest BCUT2D eigenvalue weighted by Gasteiger charge is 2.03. The summed E-state index contributed by atoms with van der Waals surface area (Å²) in [6.07, 6.45) is 1.88. The zero-order chi connectivity index (χ0) is 7.84. The van der Waals surface area contributed by atoms with Gasteiger partial charge in [0.05, 0.1) is 5.52 Å². The Bertz CT molecular complexity index is 392. The van der Waals surface area contributed by atoms with E-state index in [1.807, 2.05) is 31.3 Å². The SMILES string of the molecule is Cc1c(Cl)nn2ccccc12. The smallest absolute Gasteiger partial charge is 0.155 e. The zero-order valence-electron chi connectivity index (χ0n) is 6.08. The van der Waals surface area contributed by atoms with Gasteiger partial charge in [-0.3, -0.25) is 0 Å². The fourth-order valence-corrected chi connectivity index (χ4v) is 1.27. The largest absolute Gasteiger partial charge is 0.239 e. The maximum absolute atomic E-state index is 5.82. The van der Waals surface area contributed by atoms with Crippen molar-refractivity contribution >= 4 is 17.1 Å². The number of halogens is 1. The van der Waals surface area contributed by atoms with Crippen LogP contribution in [-0.2, 0) is 0 Å². The Morgan fingerprint density at radius 2 is 2.27 bits per heavy atom. The van der Waals surface area contributed by atoms with Crippen LogP contribution in [0, 0.1) is 6.92 Å². The number of aryl methyl sites for hydroxylation is 1. The van der Waals surface area contributed by atoms with Crippen LogP contribution in [0.2, 0.25) is 5.15 Å². The van der Waals surface area contributed by atoms with Crippen LogP contribution < -0.4 is 0 Å². The lowest BCUT2D eigenvalue weighted by atomic mass is 10.3. The van der Waals surface area contributed by atoms with Crippen molar-refractivity contribution in [1.29, 1.82) is 0 Å². The molecule has 0 bridgehead atoms. The van der Waals surface area contributed by atoms with E-state index in [-0.39, 0.29) is 0 Å². The summed E-state index contributed by atoms with van der Waals surface area (Å²) in [4.78, 5) is 0. The molecule has 0 N–H and O–H groups in total. The van der Waals surface area contributed by atoms with Gasteiger partial charge in [0.25, 0.3) is 0 Å². The summed E-state index contributed by atoms with van der Waals surface area (Å²) in [7, 11) is 0.